The zero-order chi connectivity index (χ0) is 23.9. The van der Waals surface area contributed by atoms with E-state index in [1.807, 2.05) is 58.9 Å². The monoisotopic (exact) mass is 463 g/mol. The summed E-state index contributed by atoms with van der Waals surface area (Å²) in [5.41, 5.74) is 5.27. The molecule has 0 atom stereocenters. The zero-order valence-electron chi connectivity index (χ0n) is 19.3. The number of benzene rings is 2. The number of hydrogen-bond donors (Lipinski definition) is 1. The minimum Gasteiger partial charge on any atom is -0.324 e. The average molecular weight is 464 g/mol. The molecule has 0 radical (unpaired) electrons. The quantitative estimate of drug-likeness (QED) is 0.455. The first-order valence-electron chi connectivity index (χ1n) is 10.8. The van der Waals surface area contributed by atoms with Crippen LogP contribution in [-0.2, 0) is 11.3 Å². The van der Waals surface area contributed by atoms with Gasteiger partial charge in [0.25, 0.3) is 5.56 Å². The highest BCUT2D eigenvalue weighted by Crippen LogP contribution is 2.24. The van der Waals surface area contributed by atoms with Crippen molar-refractivity contribution in [1.82, 2.24) is 19.6 Å². The molecule has 0 saturated carbocycles. The number of nitrogens with one attached hydrogen (secondary N) is 1. The molecule has 0 bridgehead atoms. The molecule has 0 aliphatic carbocycles. The molecule has 0 saturated heterocycles. The van der Waals surface area contributed by atoms with Crippen LogP contribution >= 0.6 is 11.6 Å². The van der Waals surface area contributed by atoms with Crippen LogP contribution in [0.15, 0.2) is 47.4 Å². The van der Waals surface area contributed by atoms with Gasteiger partial charge < -0.3 is 5.32 Å². The van der Waals surface area contributed by atoms with E-state index in [0.29, 0.717) is 27.3 Å². The van der Waals surface area contributed by atoms with Crippen molar-refractivity contribution in [2.45, 2.75) is 47.1 Å². The lowest BCUT2D eigenvalue weighted by Gasteiger charge is -2.13. The number of aryl methyl sites for hydroxylation is 3. The highest BCUT2D eigenvalue weighted by molar-refractivity contribution is 6.31. The number of halogens is 1. The Balaban J connectivity index is 1.77. The second-order valence-corrected chi connectivity index (χ2v) is 9.01. The fourth-order valence-electron chi connectivity index (χ4n) is 3.69. The lowest BCUT2D eigenvalue weighted by molar-refractivity contribution is -0.117. The largest absolute Gasteiger partial charge is 0.324 e. The molecule has 0 aliphatic rings. The lowest BCUT2D eigenvalue weighted by Crippen LogP contribution is -2.31. The Kier molecular flexibility index (Phi) is 6.08. The molecule has 1 N–H and O–H groups in total. The van der Waals surface area contributed by atoms with Crippen LogP contribution in [0.4, 0.5) is 5.69 Å². The van der Waals surface area contributed by atoms with Crippen LogP contribution in [0.2, 0.25) is 5.02 Å². The molecule has 170 valence electrons. The summed E-state index contributed by atoms with van der Waals surface area (Å²) in [6, 6.07) is 11.2. The number of carbonyl (C=O) groups excluding carboxylic acids is 1. The predicted molar refractivity (Wildman–Crippen MR) is 132 cm³/mol. The maximum Gasteiger partial charge on any atom is 0.293 e. The molecule has 1 amide bonds. The van der Waals surface area contributed by atoms with E-state index in [2.05, 4.69) is 15.5 Å². The summed E-state index contributed by atoms with van der Waals surface area (Å²) in [6.45, 7) is 9.72. The van der Waals surface area contributed by atoms with E-state index in [1.54, 1.807) is 23.0 Å². The standard InChI is InChI=1S/C25H26ClN5O2/c1-14(2)23-20-12-27-31(19-9-7-15(3)17(5)10-19)24(20)25(33)30(29-23)13-22(32)28-18-8-6-16(4)21(26)11-18/h6-12,14H,13H2,1-5H3,(H,28,32). The first-order chi connectivity index (χ1) is 15.7. The van der Waals surface area contributed by atoms with Crippen LogP contribution in [0.1, 0.15) is 42.1 Å². The molecule has 7 nitrogen and oxygen atoms in total. The summed E-state index contributed by atoms with van der Waals surface area (Å²) in [5.74, 6) is -0.327. The van der Waals surface area contributed by atoms with Gasteiger partial charge in [-0.25, -0.2) is 9.36 Å². The molecule has 2 aromatic heterocycles. The lowest BCUT2D eigenvalue weighted by atomic mass is 10.1. The zero-order valence-corrected chi connectivity index (χ0v) is 20.1. The molecule has 8 heteroatoms. The van der Waals surface area contributed by atoms with E-state index in [9.17, 15) is 9.59 Å². The Morgan fingerprint density at radius 3 is 2.45 bits per heavy atom. The molecule has 2 aromatic carbocycles. The van der Waals surface area contributed by atoms with E-state index < -0.39 is 0 Å². The van der Waals surface area contributed by atoms with Gasteiger partial charge in [-0.05, 0) is 67.6 Å². The summed E-state index contributed by atoms with van der Waals surface area (Å²) in [4.78, 5) is 26.2. The summed E-state index contributed by atoms with van der Waals surface area (Å²) in [6.07, 6.45) is 1.67. The van der Waals surface area contributed by atoms with Crippen molar-refractivity contribution in [2.75, 3.05) is 5.32 Å². The van der Waals surface area contributed by atoms with Crippen LogP contribution in [0.3, 0.4) is 0 Å². The predicted octanol–water partition coefficient (Wildman–Crippen LogP) is 4.92. The van der Waals surface area contributed by atoms with Crippen molar-refractivity contribution in [3.8, 4) is 5.69 Å². The Bertz CT molecular complexity index is 1430. The van der Waals surface area contributed by atoms with E-state index in [1.165, 1.54) is 4.68 Å². The number of hydrogen-bond acceptors (Lipinski definition) is 4. The third-order valence-electron chi connectivity index (χ3n) is 5.74. The average Bonchev–Trinajstić information content (AvgIpc) is 3.20. The Labute approximate surface area is 197 Å². The van der Waals surface area contributed by atoms with Gasteiger partial charge in [-0.3, -0.25) is 9.59 Å². The molecule has 4 rings (SSSR count). The van der Waals surface area contributed by atoms with Gasteiger partial charge in [0.05, 0.1) is 17.6 Å². The molecule has 33 heavy (non-hydrogen) atoms. The topological polar surface area (TPSA) is 81.8 Å². The summed E-state index contributed by atoms with van der Waals surface area (Å²) < 4.78 is 2.84. The smallest absolute Gasteiger partial charge is 0.293 e. The number of rotatable bonds is 5. The third kappa shape index (κ3) is 4.41. The van der Waals surface area contributed by atoms with Crippen LogP contribution in [-0.4, -0.2) is 25.5 Å². The molecule has 0 aliphatic heterocycles. The van der Waals surface area contributed by atoms with Crippen molar-refractivity contribution >= 4 is 34.1 Å². The van der Waals surface area contributed by atoms with Crippen LogP contribution in [0, 0.1) is 20.8 Å². The van der Waals surface area contributed by atoms with Gasteiger partial charge in [-0.2, -0.15) is 10.2 Å². The van der Waals surface area contributed by atoms with Crippen molar-refractivity contribution < 1.29 is 4.79 Å². The van der Waals surface area contributed by atoms with Gasteiger partial charge in [0.1, 0.15) is 12.1 Å². The normalized spacial score (nSPS) is 11.4. The SMILES string of the molecule is Cc1ccc(-n2ncc3c(C(C)C)nn(CC(=O)Nc4ccc(C)c(Cl)c4)c(=O)c32)cc1C. The maximum atomic E-state index is 13.4. The van der Waals surface area contributed by atoms with Crippen LogP contribution in [0.25, 0.3) is 16.6 Å². The number of aromatic nitrogens is 4. The van der Waals surface area contributed by atoms with Gasteiger partial charge >= 0.3 is 0 Å². The third-order valence-corrected chi connectivity index (χ3v) is 6.15. The van der Waals surface area contributed by atoms with Gasteiger partial charge in [-0.1, -0.05) is 37.6 Å². The number of carbonyl (C=O) groups is 1. The van der Waals surface area contributed by atoms with Gasteiger partial charge in [-0.15, -0.1) is 0 Å². The molecule has 0 spiro atoms. The second kappa shape index (κ2) is 8.83. The van der Waals surface area contributed by atoms with Crippen molar-refractivity contribution in [2.24, 2.45) is 0 Å². The summed E-state index contributed by atoms with van der Waals surface area (Å²) in [5, 5.41) is 13.0. The summed E-state index contributed by atoms with van der Waals surface area (Å²) >= 11 is 6.16. The first-order valence-corrected chi connectivity index (χ1v) is 11.2. The van der Waals surface area contributed by atoms with Gasteiger partial charge in [0.2, 0.25) is 5.91 Å². The molecular weight excluding hydrogens is 438 g/mol. The highest BCUT2D eigenvalue weighted by atomic mass is 35.5. The van der Waals surface area contributed by atoms with E-state index in [-0.39, 0.29) is 23.9 Å². The first kappa shape index (κ1) is 22.7. The summed E-state index contributed by atoms with van der Waals surface area (Å²) in [7, 11) is 0. The van der Waals surface area contributed by atoms with Crippen molar-refractivity contribution in [3.05, 3.63) is 80.4 Å². The van der Waals surface area contributed by atoms with Crippen molar-refractivity contribution in [1.29, 1.82) is 0 Å². The maximum absolute atomic E-state index is 13.4. The minimum atomic E-state index is -0.373. The molecule has 2 heterocycles. The Hall–Kier alpha value is -3.45. The van der Waals surface area contributed by atoms with Gasteiger partial charge in [0.15, 0.2) is 0 Å². The number of fused-ring (bicyclic) bond motifs is 1. The highest BCUT2D eigenvalue weighted by Gasteiger charge is 2.20. The molecule has 0 fully saturated rings. The van der Waals surface area contributed by atoms with Crippen LogP contribution < -0.4 is 10.9 Å². The van der Waals surface area contributed by atoms with E-state index in [4.69, 9.17) is 11.6 Å². The fourth-order valence-corrected chi connectivity index (χ4v) is 3.87. The Morgan fingerprint density at radius 2 is 1.79 bits per heavy atom. The molecular formula is C25H26ClN5O2. The number of anilines is 1. The van der Waals surface area contributed by atoms with Crippen molar-refractivity contribution in [3.63, 3.8) is 0 Å². The van der Waals surface area contributed by atoms with E-state index in [0.717, 1.165) is 22.4 Å². The molecule has 4 aromatic rings. The number of amides is 1. The van der Waals surface area contributed by atoms with E-state index >= 15 is 0 Å². The Morgan fingerprint density at radius 1 is 1.06 bits per heavy atom. The fraction of sp³-hybridized carbons (Fsp3) is 0.280. The minimum absolute atomic E-state index is 0.0377. The van der Waals surface area contributed by atoms with Gasteiger partial charge in [0, 0.05) is 16.1 Å². The molecule has 0 unspecified atom stereocenters. The second-order valence-electron chi connectivity index (χ2n) is 8.60. The number of nitrogens with zero attached hydrogens (tertiary/aromatic N) is 4. The van der Waals surface area contributed by atoms with Crippen LogP contribution in [0.5, 0.6) is 0 Å².